The van der Waals surface area contributed by atoms with Gasteiger partial charge in [0.05, 0.1) is 16.7 Å². The number of nitrogens with one attached hydrogen (secondary N) is 1. The molecule has 0 saturated heterocycles. The van der Waals surface area contributed by atoms with E-state index in [9.17, 15) is 9.90 Å². The van der Waals surface area contributed by atoms with Gasteiger partial charge in [-0.3, -0.25) is 0 Å². The Bertz CT molecular complexity index is 964. The summed E-state index contributed by atoms with van der Waals surface area (Å²) in [5.74, 6) is 1.10. The average molecular weight is 337 g/mol. The van der Waals surface area contributed by atoms with Gasteiger partial charge in [0.25, 0.3) is 0 Å². The van der Waals surface area contributed by atoms with Crippen LogP contribution in [-0.2, 0) is 14.9 Å². The SMILES string of the molecule is CC1(c2cccc(O)c2)C2=C(COC2=O)Nc2cc3c(cc21)OCO3. The Hall–Kier alpha value is -3.15. The number of benzene rings is 2. The standard InChI is InChI=1S/C19H15NO5/c1-19(10-3-2-4-11(21)5-10)12-6-15-16(25-9-24-15)7-13(12)20-14-8-23-18(22)17(14)19/h2-7,20-21H,8-9H2,1H3. The molecule has 0 aromatic heterocycles. The maximum Gasteiger partial charge on any atom is 0.337 e. The van der Waals surface area contributed by atoms with Gasteiger partial charge in [0.1, 0.15) is 12.4 Å². The van der Waals surface area contributed by atoms with E-state index in [1.54, 1.807) is 18.2 Å². The Morgan fingerprint density at radius 2 is 1.92 bits per heavy atom. The fourth-order valence-electron chi connectivity index (χ4n) is 3.88. The quantitative estimate of drug-likeness (QED) is 0.779. The third-order valence-electron chi connectivity index (χ3n) is 5.11. The molecule has 0 spiro atoms. The molecule has 25 heavy (non-hydrogen) atoms. The third-order valence-corrected chi connectivity index (χ3v) is 5.11. The van der Waals surface area contributed by atoms with Crippen molar-refractivity contribution in [3.05, 3.63) is 58.8 Å². The van der Waals surface area contributed by atoms with Crippen molar-refractivity contribution in [2.45, 2.75) is 12.3 Å². The number of cyclic esters (lactones) is 1. The van der Waals surface area contributed by atoms with Crippen LogP contribution in [0.1, 0.15) is 18.1 Å². The molecule has 0 aliphatic carbocycles. The van der Waals surface area contributed by atoms with E-state index in [0.29, 0.717) is 17.1 Å². The first kappa shape index (κ1) is 14.2. The molecule has 0 fully saturated rings. The number of carbonyl (C=O) groups is 1. The lowest BCUT2D eigenvalue weighted by Gasteiger charge is -2.37. The van der Waals surface area contributed by atoms with E-state index < -0.39 is 5.41 Å². The summed E-state index contributed by atoms with van der Waals surface area (Å²) < 4.78 is 16.3. The third kappa shape index (κ3) is 1.82. The van der Waals surface area contributed by atoms with Crippen molar-refractivity contribution in [3.8, 4) is 17.2 Å². The number of aromatic hydroxyl groups is 1. The molecule has 3 heterocycles. The molecular weight excluding hydrogens is 322 g/mol. The highest BCUT2D eigenvalue weighted by Gasteiger charge is 2.48. The van der Waals surface area contributed by atoms with Gasteiger partial charge >= 0.3 is 5.97 Å². The molecule has 3 aliphatic rings. The first-order valence-electron chi connectivity index (χ1n) is 7.99. The van der Waals surface area contributed by atoms with Crippen LogP contribution in [0.4, 0.5) is 5.69 Å². The number of phenols is 1. The second-order valence-electron chi connectivity index (χ2n) is 6.48. The maximum absolute atomic E-state index is 12.5. The van der Waals surface area contributed by atoms with Gasteiger partial charge in [-0.15, -0.1) is 0 Å². The average Bonchev–Trinajstić information content (AvgIpc) is 3.20. The van der Waals surface area contributed by atoms with Crippen LogP contribution in [0.3, 0.4) is 0 Å². The Balaban J connectivity index is 1.81. The Labute approximate surface area is 143 Å². The van der Waals surface area contributed by atoms with Gasteiger partial charge in [-0.2, -0.15) is 0 Å². The van der Waals surface area contributed by atoms with Crippen LogP contribution >= 0.6 is 0 Å². The second-order valence-corrected chi connectivity index (χ2v) is 6.48. The fraction of sp³-hybridized carbons (Fsp3) is 0.211. The molecule has 2 aromatic carbocycles. The van der Waals surface area contributed by atoms with Gasteiger partial charge in [0.2, 0.25) is 6.79 Å². The monoisotopic (exact) mass is 337 g/mol. The highest BCUT2D eigenvalue weighted by Crippen LogP contribution is 2.52. The molecule has 0 amide bonds. The van der Waals surface area contributed by atoms with Crippen LogP contribution in [-0.4, -0.2) is 24.5 Å². The van der Waals surface area contributed by atoms with Crippen LogP contribution in [0.2, 0.25) is 0 Å². The summed E-state index contributed by atoms with van der Waals surface area (Å²) in [5.41, 5.74) is 3.04. The highest BCUT2D eigenvalue weighted by atomic mass is 16.7. The minimum atomic E-state index is -0.775. The molecule has 2 aromatic rings. The normalized spacial score (nSPS) is 23.0. The van der Waals surface area contributed by atoms with Gasteiger partial charge in [0.15, 0.2) is 11.5 Å². The van der Waals surface area contributed by atoms with E-state index in [2.05, 4.69) is 5.32 Å². The van der Waals surface area contributed by atoms with Crippen LogP contribution in [0.5, 0.6) is 17.2 Å². The molecule has 0 bridgehead atoms. The van der Waals surface area contributed by atoms with Gasteiger partial charge in [-0.25, -0.2) is 4.79 Å². The molecule has 5 rings (SSSR count). The van der Waals surface area contributed by atoms with Crippen LogP contribution < -0.4 is 14.8 Å². The number of hydrogen-bond acceptors (Lipinski definition) is 6. The number of ether oxygens (including phenoxy) is 3. The molecule has 0 radical (unpaired) electrons. The van der Waals surface area contributed by atoms with Gasteiger partial charge in [-0.05, 0) is 36.2 Å². The molecule has 0 saturated carbocycles. The molecule has 6 heteroatoms. The van der Waals surface area contributed by atoms with E-state index in [-0.39, 0.29) is 25.1 Å². The van der Waals surface area contributed by atoms with E-state index in [1.807, 2.05) is 25.1 Å². The van der Waals surface area contributed by atoms with Gasteiger partial charge in [-0.1, -0.05) is 12.1 Å². The fourth-order valence-corrected chi connectivity index (χ4v) is 3.88. The molecule has 1 atom stereocenters. The number of hydrogen-bond donors (Lipinski definition) is 2. The predicted molar refractivity (Wildman–Crippen MR) is 88.7 cm³/mol. The number of carbonyl (C=O) groups excluding carboxylic acids is 1. The predicted octanol–water partition coefficient (Wildman–Crippen LogP) is 2.66. The van der Waals surface area contributed by atoms with Crippen molar-refractivity contribution in [1.29, 1.82) is 0 Å². The number of rotatable bonds is 1. The topological polar surface area (TPSA) is 77.0 Å². The first-order chi connectivity index (χ1) is 12.1. The van der Waals surface area contributed by atoms with Crippen molar-refractivity contribution in [2.24, 2.45) is 0 Å². The van der Waals surface area contributed by atoms with Gasteiger partial charge in [0, 0.05) is 11.8 Å². The zero-order valence-electron chi connectivity index (χ0n) is 13.5. The van der Waals surface area contributed by atoms with Crippen LogP contribution in [0.25, 0.3) is 0 Å². The number of esters is 1. The maximum atomic E-state index is 12.5. The number of anilines is 1. The van der Waals surface area contributed by atoms with E-state index >= 15 is 0 Å². The van der Waals surface area contributed by atoms with Crippen molar-refractivity contribution in [2.75, 3.05) is 18.7 Å². The summed E-state index contributed by atoms with van der Waals surface area (Å²) in [7, 11) is 0. The molecule has 6 nitrogen and oxygen atoms in total. The summed E-state index contributed by atoms with van der Waals surface area (Å²) in [4.78, 5) is 12.5. The minimum absolute atomic E-state index is 0.146. The zero-order chi connectivity index (χ0) is 17.2. The lowest BCUT2D eigenvalue weighted by Crippen LogP contribution is -2.34. The van der Waals surface area contributed by atoms with Crippen molar-refractivity contribution in [1.82, 2.24) is 0 Å². The Kier molecular flexibility index (Phi) is 2.67. The second kappa shape index (κ2) is 4.69. The number of phenolic OH excluding ortho intramolecular Hbond substituents is 1. The Morgan fingerprint density at radius 3 is 2.72 bits per heavy atom. The van der Waals surface area contributed by atoms with Crippen molar-refractivity contribution in [3.63, 3.8) is 0 Å². The summed E-state index contributed by atoms with van der Waals surface area (Å²) in [6, 6.07) is 10.7. The van der Waals surface area contributed by atoms with E-state index in [1.165, 1.54) is 0 Å². The van der Waals surface area contributed by atoms with E-state index in [4.69, 9.17) is 14.2 Å². The smallest absolute Gasteiger partial charge is 0.337 e. The summed E-state index contributed by atoms with van der Waals surface area (Å²) in [6.45, 7) is 2.35. The molecule has 1 unspecified atom stereocenters. The van der Waals surface area contributed by atoms with E-state index in [0.717, 1.165) is 22.5 Å². The highest BCUT2D eigenvalue weighted by molar-refractivity contribution is 5.99. The summed E-state index contributed by atoms with van der Waals surface area (Å²) >= 11 is 0. The zero-order valence-corrected chi connectivity index (χ0v) is 13.5. The lowest BCUT2D eigenvalue weighted by molar-refractivity contribution is -0.136. The van der Waals surface area contributed by atoms with Crippen LogP contribution in [0, 0.1) is 0 Å². The largest absolute Gasteiger partial charge is 0.508 e. The molecule has 126 valence electrons. The molecule has 2 N–H and O–H groups in total. The van der Waals surface area contributed by atoms with Crippen molar-refractivity contribution >= 4 is 11.7 Å². The summed E-state index contributed by atoms with van der Waals surface area (Å²) in [5, 5.41) is 13.3. The van der Waals surface area contributed by atoms with Gasteiger partial charge < -0.3 is 24.6 Å². The first-order valence-corrected chi connectivity index (χ1v) is 7.99. The summed E-state index contributed by atoms with van der Waals surface area (Å²) in [6.07, 6.45) is 0. The van der Waals surface area contributed by atoms with Crippen LogP contribution in [0.15, 0.2) is 47.7 Å². The molecule has 3 aliphatic heterocycles. The van der Waals surface area contributed by atoms with Crippen molar-refractivity contribution < 1.29 is 24.1 Å². The Morgan fingerprint density at radius 1 is 1.12 bits per heavy atom. The lowest BCUT2D eigenvalue weighted by atomic mass is 9.68. The minimum Gasteiger partial charge on any atom is -0.508 e. The molecular formula is C19H15NO5. The number of fused-ring (bicyclic) bond motifs is 2.